The van der Waals surface area contributed by atoms with Gasteiger partial charge in [-0.15, -0.1) is 0 Å². The predicted octanol–water partition coefficient (Wildman–Crippen LogP) is 2.75. The van der Waals surface area contributed by atoms with Crippen LogP contribution in [0.3, 0.4) is 0 Å². The zero-order chi connectivity index (χ0) is 13.8. The fraction of sp³-hybridized carbons (Fsp3) is 0.467. The molecule has 0 bridgehead atoms. The van der Waals surface area contributed by atoms with E-state index in [1.165, 1.54) is 0 Å². The van der Waals surface area contributed by atoms with E-state index in [-0.39, 0.29) is 5.60 Å². The quantitative estimate of drug-likeness (QED) is 0.907. The van der Waals surface area contributed by atoms with Crippen LogP contribution in [0.2, 0.25) is 0 Å². The predicted molar refractivity (Wildman–Crippen MR) is 75.5 cm³/mol. The van der Waals surface area contributed by atoms with Crippen LogP contribution in [0.4, 0.5) is 5.69 Å². The number of hydrogen-bond donors (Lipinski definition) is 1. The van der Waals surface area contributed by atoms with E-state index in [0.717, 1.165) is 31.7 Å². The third-order valence-electron chi connectivity index (χ3n) is 3.60. The van der Waals surface area contributed by atoms with Crippen molar-refractivity contribution in [2.45, 2.75) is 31.8 Å². The van der Waals surface area contributed by atoms with Crippen molar-refractivity contribution in [3.63, 3.8) is 0 Å². The number of rotatable bonds is 5. The van der Waals surface area contributed by atoms with Crippen molar-refractivity contribution in [2.24, 2.45) is 0 Å². The van der Waals surface area contributed by atoms with Gasteiger partial charge in [-0.25, -0.2) is 0 Å². The van der Waals surface area contributed by atoms with Gasteiger partial charge in [0.15, 0.2) is 0 Å². The first-order valence-corrected chi connectivity index (χ1v) is 7.02. The maximum Gasteiger partial charge on any atom is 0.228 e. The molecule has 1 fully saturated rings. The van der Waals surface area contributed by atoms with Crippen LogP contribution in [0.25, 0.3) is 0 Å². The maximum atomic E-state index is 5.71. The summed E-state index contributed by atoms with van der Waals surface area (Å²) in [6.45, 7) is 3.57. The highest BCUT2D eigenvalue weighted by atomic mass is 16.5. The molecule has 1 aromatic carbocycles. The van der Waals surface area contributed by atoms with Crippen molar-refractivity contribution in [2.75, 3.05) is 18.5 Å². The zero-order valence-corrected chi connectivity index (χ0v) is 11.6. The monoisotopic (exact) mass is 273 g/mol. The third-order valence-corrected chi connectivity index (χ3v) is 3.60. The van der Waals surface area contributed by atoms with Crippen molar-refractivity contribution in [1.29, 1.82) is 0 Å². The van der Waals surface area contributed by atoms with Gasteiger partial charge >= 0.3 is 0 Å². The van der Waals surface area contributed by atoms with Gasteiger partial charge in [-0.2, -0.15) is 4.98 Å². The van der Waals surface area contributed by atoms with Gasteiger partial charge in [0.05, 0.1) is 0 Å². The van der Waals surface area contributed by atoms with Crippen molar-refractivity contribution in [1.82, 2.24) is 10.1 Å². The molecule has 0 aliphatic carbocycles. The molecule has 1 unspecified atom stereocenters. The molecule has 1 N–H and O–H groups in total. The topological polar surface area (TPSA) is 60.2 Å². The Hall–Kier alpha value is -1.88. The van der Waals surface area contributed by atoms with E-state index in [4.69, 9.17) is 9.26 Å². The molecule has 1 atom stereocenters. The number of nitrogens with one attached hydrogen (secondary N) is 1. The summed E-state index contributed by atoms with van der Waals surface area (Å²) in [4.78, 5) is 4.45. The fourth-order valence-electron chi connectivity index (χ4n) is 2.40. The SMILES string of the molecule is CC1(c2noc(CCNc3ccccc3)n2)CCCO1. The Bertz CT molecular complexity index is 547. The number of nitrogens with zero attached hydrogens (tertiary/aromatic N) is 2. The Morgan fingerprint density at radius 2 is 2.15 bits per heavy atom. The standard InChI is InChI=1S/C15H19N3O2/c1-15(9-5-11-19-15)14-17-13(20-18-14)8-10-16-12-6-3-2-4-7-12/h2-4,6-7,16H,5,8-11H2,1H3. The zero-order valence-electron chi connectivity index (χ0n) is 11.6. The number of anilines is 1. The van der Waals surface area contributed by atoms with Crippen LogP contribution in [0.1, 0.15) is 31.5 Å². The normalized spacial score (nSPS) is 22.1. The van der Waals surface area contributed by atoms with Gasteiger partial charge in [0.2, 0.25) is 11.7 Å². The molecule has 0 radical (unpaired) electrons. The second kappa shape index (κ2) is 5.63. The summed E-state index contributed by atoms with van der Waals surface area (Å²) in [5.41, 5.74) is 0.729. The highest BCUT2D eigenvalue weighted by Crippen LogP contribution is 2.33. The van der Waals surface area contributed by atoms with E-state index in [9.17, 15) is 0 Å². The van der Waals surface area contributed by atoms with Crippen LogP contribution < -0.4 is 5.32 Å². The first kappa shape index (κ1) is 13.1. The summed E-state index contributed by atoms with van der Waals surface area (Å²) < 4.78 is 11.0. The Morgan fingerprint density at radius 1 is 1.30 bits per heavy atom. The summed E-state index contributed by atoms with van der Waals surface area (Å²) in [6, 6.07) is 10.1. The van der Waals surface area contributed by atoms with Gasteiger partial charge in [-0.05, 0) is 31.9 Å². The molecule has 2 heterocycles. The van der Waals surface area contributed by atoms with Crippen LogP contribution in [0.15, 0.2) is 34.9 Å². The van der Waals surface area contributed by atoms with Crippen LogP contribution in [-0.2, 0) is 16.8 Å². The molecule has 2 aromatic rings. The van der Waals surface area contributed by atoms with Crippen LogP contribution in [0, 0.1) is 0 Å². The molecular formula is C15H19N3O2. The van der Waals surface area contributed by atoms with E-state index < -0.39 is 0 Å². The molecule has 20 heavy (non-hydrogen) atoms. The van der Waals surface area contributed by atoms with Gasteiger partial charge in [0.25, 0.3) is 0 Å². The van der Waals surface area contributed by atoms with Crippen molar-refractivity contribution in [3.8, 4) is 0 Å². The first-order valence-electron chi connectivity index (χ1n) is 7.02. The number of ether oxygens (including phenoxy) is 1. The largest absolute Gasteiger partial charge is 0.385 e. The van der Waals surface area contributed by atoms with E-state index in [2.05, 4.69) is 15.5 Å². The lowest BCUT2D eigenvalue weighted by Crippen LogP contribution is -2.21. The number of benzene rings is 1. The first-order chi connectivity index (χ1) is 9.76. The summed E-state index contributed by atoms with van der Waals surface area (Å²) in [5.74, 6) is 1.32. The molecule has 0 saturated carbocycles. The van der Waals surface area contributed by atoms with Gasteiger partial charge in [0.1, 0.15) is 5.60 Å². The molecule has 0 spiro atoms. The van der Waals surface area contributed by atoms with Crippen LogP contribution >= 0.6 is 0 Å². The Labute approximate surface area is 118 Å². The van der Waals surface area contributed by atoms with Gasteiger partial charge in [-0.1, -0.05) is 23.4 Å². The second-order valence-corrected chi connectivity index (χ2v) is 5.24. The Balaban J connectivity index is 1.55. The molecule has 106 valence electrons. The minimum atomic E-state index is -0.366. The molecule has 3 rings (SSSR count). The average Bonchev–Trinajstić information content (AvgIpc) is 3.10. The van der Waals surface area contributed by atoms with Gasteiger partial charge in [0, 0.05) is 25.3 Å². The smallest absolute Gasteiger partial charge is 0.228 e. The molecule has 1 saturated heterocycles. The average molecular weight is 273 g/mol. The summed E-state index contributed by atoms with van der Waals surface area (Å²) in [7, 11) is 0. The highest BCUT2D eigenvalue weighted by molar-refractivity contribution is 5.42. The van der Waals surface area contributed by atoms with E-state index in [1.807, 2.05) is 37.3 Å². The van der Waals surface area contributed by atoms with Gasteiger partial charge < -0.3 is 14.6 Å². The number of hydrogen-bond acceptors (Lipinski definition) is 5. The summed E-state index contributed by atoms with van der Waals surface area (Å²) in [5, 5.41) is 7.38. The molecule has 5 heteroatoms. The summed E-state index contributed by atoms with van der Waals surface area (Å²) in [6.07, 6.45) is 2.71. The minimum absolute atomic E-state index is 0.366. The molecule has 1 aliphatic heterocycles. The highest BCUT2D eigenvalue weighted by Gasteiger charge is 2.36. The second-order valence-electron chi connectivity index (χ2n) is 5.24. The lowest BCUT2D eigenvalue weighted by molar-refractivity contribution is 0.00768. The summed E-state index contributed by atoms with van der Waals surface area (Å²) >= 11 is 0. The Kier molecular flexibility index (Phi) is 3.69. The lowest BCUT2D eigenvalue weighted by atomic mass is 10.0. The van der Waals surface area contributed by atoms with Crippen molar-refractivity contribution in [3.05, 3.63) is 42.0 Å². The molecular weight excluding hydrogens is 254 g/mol. The maximum absolute atomic E-state index is 5.71. The fourth-order valence-corrected chi connectivity index (χ4v) is 2.40. The van der Waals surface area contributed by atoms with E-state index >= 15 is 0 Å². The number of para-hydroxylation sites is 1. The van der Waals surface area contributed by atoms with E-state index in [0.29, 0.717) is 18.1 Å². The molecule has 0 amide bonds. The van der Waals surface area contributed by atoms with Gasteiger partial charge in [-0.3, -0.25) is 0 Å². The van der Waals surface area contributed by atoms with Crippen LogP contribution in [-0.4, -0.2) is 23.3 Å². The Morgan fingerprint density at radius 3 is 2.90 bits per heavy atom. The molecule has 5 nitrogen and oxygen atoms in total. The minimum Gasteiger partial charge on any atom is -0.385 e. The molecule has 1 aromatic heterocycles. The van der Waals surface area contributed by atoms with Crippen LogP contribution in [0.5, 0.6) is 0 Å². The van der Waals surface area contributed by atoms with Crippen molar-refractivity contribution >= 4 is 5.69 Å². The number of aromatic nitrogens is 2. The third kappa shape index (κ3) is 2.82. The molecule has 1 aliphatic rings. The van der Waals surface area contributed by atoms with E-state index in [1.54, 1.807) is 0 Å². The lowest BCUT2D eigenvalue weighted by Gasteiger charge is -2.17. The van der Waals surface area contributed by atoms with Crippen molar-refractivity contribution < 1.29 is 9.26 Å².